The van der Waals surface area contributed by atoms with Crippen molar-refractivity contribution in [2.75, 3.05) is 6.61 Å². The van der Waals surface area contributed by atoms with E-state index in [0.29, 0.717) is 19.4 Å². The standard InChI is InChI=1S/C16H17NO3/c18-16(8-7-12-4-3-10-19-12)17-14-9-11-20-15-6-2-1-5-13(14)15/h1-6,10,14H,7-9,11H2,(H,17,18)/t14-/m0/s1. The average Bonchev–Trinajstić information content (AvgIpc) is 2.99. The number of nitrogens with one attached hydrogen (secondary N) is 1. The Balaban J connectivity index is 1.59. The number of hydrogen-bond acceptors (Lipinski definition) is 3. The van der Waals surface area contributed by atoms with Crippen LogP contribution >= 0.6 is 0 Å². The Bertz CT molecular complexity index is 577. The molecule has 4 nitrogen and oxygen atoms in total. The second kappa shape index (κ2) is 5.82. The van der Waals surface area contributed by atoms with Gasteiger partial charge in [0.25, 0.3) is 0 Å². The summed E-state index contributed by atoms with van der Waals surface area (Å²) in [6.07, 6.45) is 3.50. The Morgan fingerprint density at radius 3 is 3.00 bits per heavy atom. The molecular weight excluding hydrogens is 254 g/mol. The summed E-state index contributed by atoms with van der Waals surface area (Å²) in [5, 5.41) is 3.08. The molecule has 0 fully saturated rings. The molecule has 1 N–H and O–H groups in total. The van der Waals surface area contributed by atoms with E-state index in [9.17, 15) is 4.79 Å². The summed E-state index contributed by atoms with van der Waals surface area (Å²) in [4.78, 5) is 12.0. The van der Waals surface area contributed by atoms with Gasteiger partial charge in [-0.1, -0.05) is 18.2 Å². The molecule has 1 aromatic heterocycles. The highest BCUT2D eigenvalue weighted by Crippen LogP contribution is 2.31. The van der Waals surface area contributed by atoms with Crippen LogP contribution < -0.4 is 10.1 Å². The molecule has 0 unspecified atom stereocenters. The summed E-state index contributed by atoms with van der Waals surface area (Å²) in [5.74, 6) is 1.76. The Morgan fingerprint density at radius 1 is 1.25 bits per heavy atom. The lowest BCUT2D eigenvalue weighted by Gasteiger charge is -2.26. The molecule has 1 aliphatic heterocycles. The Labute approximate surface area is 117 Å². The van der Waals surface area contributed by atoms with Crippen molar-refractivity contribution in [1.82, 2.24) is 5.32 Å². The minimum absolute atomic E-state index is 0.0445. The van der Waals surface area contributed by atoms with Gasteiger partial charge in [-0.15, -0.1) is 0 Å². The van der Waals surface area contributed by atoms with Crippen LogP contribution in [0, 0.1) is 0 Å². The number of aryl methyl sites for hydroxylation is 1. The second-order valence-corrected chi connectivity index (χ2v) is 4.87. The number of hydrogen-bond donors (Lipinski definition) is 1. The third-order valence-electron chi connectivity index (χ3n) is 3.47. The number of benzene rings is 1. The first kappa shape index (κ1) is 12.8. The molecule has 104 valence electrons. The molecule has 3 rings (SSSR count). The Morgan fingerprint density at radius 2 is 2.15 bits per heavy atom. The first-order valence-electron chi connectivity index (χ1n) is 6.86. The predicted molar refractivity (Wildman–Crippen MR) is 74.5 cm³/mol. The zero-order chi connectivity index (χ0) is 13.8. The zero-order valence-corrected chi connectivity index (χ0v) is 11.2. The highest BCUT2D eigenvalue weighted by molar-refractivity contribution is 5.76. The summed E-state index contributed by atoms with van der Waals surface area (Å²) < 4.78 is 10.8. The van der Waals surface area contributed by atoms with Crippen molar-refractivity contribution in [2.24, 2.45) is 0 Å². The maximum atomic E-state index is 12.0. The van der Waals surface area contributed by atoms with Gasteiger partial charge < -0.3 is 14.5 Å². The van der Waals surface area contributed by atoms with Crippen molar-refractivity contribution in [3.05, 3.63) is 54.0 Å². The zero-order valence-electron chi connectivity index (χ0n) is 11.2. The monoisotopic (exact) mass is 271 g/mol. The number of para-hydroxylation sites is 1. The van der Waals surface area contributed by atoms with E-state index >= 15 is 0 Å². The van der Waals surface area contributed by atoms with Crippen LogP contribution in [0.1, 0.15) is 30.2 Å². The molecule has 1 aromatic carbocycles. The van der Waals surface area contributed by atoms with Crippen molar-refractivity contribution < 1.29 is 13.9 Å². The van der Waals surface area contributed by atoms with Gasteiger partial charge in [0.05, 0.1) is 18.9 Å². The lowest BCUT2D eigenvalue weighted by Crippen LogP contribution is -2.32. The molecule has 0 saturated carbocycles. The van der Waals surface area contributed by atoms with Gasteiger partial charge in [0.2, 0.25) is 5.91 Å². The van der Waals surface area contributed by atoms with Crippen LogP contribution in [0.25, 0.3) is 0 Å². The van der Waals surface area contributed by atoms with E-state index < -0.39 is 0 Å². The minimum Gasteiger partial charge on any atom is -0.493 e. The van der Waals surface area contributed by atoms with Gasteiger partial charge in [-0.3, -0.25) is 4.79 Å². The van der Waals surface area contributed by atoms with E-state index in [1.165, 1.54) is 0 Å². The fraction of sp³-hybridized carbons (Fsp3) is 0.312. The topological polar surface area (TPSA) is 51.5 Å². The summed E-state index contributed by atoms with van der Waals surface area (Å²) in [6, 6.07) is 11.6. The van der Waals surface area contributed by atoms with Gasteiger partial charge >= 0.3 is 0 Å². The van der Waals surface area contributed by atoms with Crippen molar-refractivity contribution in [2.45, 2.75) is 25.3 Å². The van der Waals surface area contributed by atoms with Crippen molar-refractivity contribution in [3.63, 3.8) is 0 Å². The molecule has 0 bridgehead atoms. The summed E-state index contributed by atoms with van der Waals surface area (Å²) in [6.45, 7) is 0.639. The van der Waals surface area contributed by atoms with Crippen LogP contribution in [0.5, 0.6) is 5.75 Å². The number of fused-ring (bicyclic) bond motifs is 1. The number of furan rings is 1. The molecule has 4 heteroatoms. The van der Waals surface area contributed by atoms with E-state index in [2.05, 4.69) is 5.32 Å². The fourth-order valence-corrected chi connectivity index (χ4v) is 2.45. The molecule has 0 spiro atoms. The van der Waals surface area contributed by atoms with Gasteiger partial charge in [-0.25, -0.2) is 0 Å². The minimum atomic E-state index is 0.0445. The average molecular weight is 271 g/mol. The number of carbonyl (C=O) groups excluding carboxylic acids is 1. The van der Waals surface area contributed by atoms with Crippen molar-refractivity contribution >= 4 is 5.91 Å². The normalized spacial score (nSPS) is 17.1. The first-order chi connectivity index (χ1) is 9.83. The predicted octanol–water partition coefficient (Wildman–Crippen LogP) is 2.85. The molecule has 2 heterocycles. The highest BCUT2D eigenvalue weighted by atomic mass is 16.5. The van der Waals surface area contributed by atoms with Crippen LogP contribution in [-0.2, 0) is 11.2 Å². The number of rotatable bonds is 4. The van der Waals surface area contributed by atoms with Crippen LogP contribution in [0.4, 0.5) is 0 Å². The molecule has 1 atom stereocenters. The fourth-order valence-electron chi connectivity index (χ4n) is 2.45. The third kappa shape index (κ3) is 2.85. The second-order valence-electron chi connectivity index (χ2n) is 4.87. The first-order valence-corrected chi connectivity index (χ1v) is 6.86. The van der Waals surface area contributed by atoms with Gasteiger partial charge in [0, 0.05) is 24.8 Å². The van der Waals surface area contributed by atoms with E-state index in [0.717, 1.165) is 23.5 Å². The van der Waals surface area contributed by atoms with Gasteiger partial charge in [0.15, 0.2) is 0 Å². The van der Waals surface area contributed by atoms with E-state index in [1.807, 2.05) is 36.4 Å². The van der Waals surface area contributed by atoms with E-state index in [-0.39, 0.29) is 11.9 Å². The van der Waals surface area contributed by atoms with Crippen molar-refractivity contribution in [3.8, 4) is 5.75 Å². The maximum Gasteiger partial charge on any atom is 0.220 e. The van der Waals surface area contributed by atoms with Crippen molar-refractivity contribution in [1.29, 1.82) is 0 Å². The highest BCUT2D eigenvalue weighted by Gasteiger charge is 2.22. The molecular formula is C16H17NO3. The molecule has 0 radical (unpaired) electrons. The molecule has 0 saturated heterocycles. The molecule has 1 aliphatic rings. The molecule has 0 aliphatic carbocycles. The lowest BCUT2D eigenvalue weighted by molar-refractivity contribution is -0.122. The third-order valence-corrected chi connectivity index (χ3v) is 3.47. The Kier molecular flexibility index (Phi) is 3.72. The van der Waals surface area contributed by atoms with Gasteiger partial charge in [0.1, 0.15) is 11.5 Å². The van der Waals surface area contributed by atoms with E-state index in [1.54, 1.807) is 6.26 Å². The number of ether oxygens (including phenoxy) is 1. The van der Waals surface area contributed by atoms with Gasteiger partial charge in [-0.2, -0.15) is 0 Å². The number of amides is 1. The summed E-state index contributed by atoms with van der Waals surface area (Å²) in [5.41, 5.74) is 1.06. The van der Waals surface area contributed by atoms with Crippen LogP contribution in [0.15, 0.2) is 47.1 Å². The smallest absolute Gasteiger partial charge is 0.220 e. The molecule has 20 heavy (non-hydrogen) atoms. The van der Waals surface area contributed by atoms with Crippen LogP contribution in [0.3, 0.4) is 0 Å². The van der Waals surface area contributed by atoms with E-state index in [4.69, 9.17) is 9.15 Å². The summed E-state index contributed by atoms with van der Waals surface area (Å²) >= 11 is 0. The quantitative estimate of drug-likeness (QED) is 0.930. The van der Waals surface area contributed by atoms with Crippen LogP contribution in [0.2, 0.25) is 0 Å². The van der Waals surface area contributed by atoms with Crippen LogP contribution in [-0.4, -0.2) is 12.5 Å². The van der Waals surface area contributed by atoms with Gasteiger partial charge in [-0.05, 0) is 18.2 Å². The SMILES string of the molecule is O=C(CCc1ccco1)N[C@H]1CCOc2ccccc21. The molecule has 2 aromatic rings. The molecule has 1 amide bonds. The lowest BCUT2D eigenvalue weighted by atomic mass is 10.0. The Hall–Kier alpha value is -2.23. The largest absolute Gasteiger partial charge is 0.493 e. The maximum absolute atomic E-state index is 12.0. The summed E-state index contributed by atoms with van der Waals surface area (Å²) in [7, 11) is 0. The number of carbonyl (C=O) groups is 1.